The normalized spacial score (nSPS) is 21.7. The number of carbonyl (C=O) groups is 2. The van der Waals surface area contributed by atoms with E-state index in [4.69, 9.17) is 0 Å². The average Bonchev–Trinajstić information content (AvgIpc) is 2.67. The van der Waals surface area contributed by atoms with Gasteiger partial charge in [-0.1, -0.05) is 25.1 Å². The van der Waals surface area contributed by atoms with Crippen molar-refractivity contribution in [1.29, 1.82) is 0 Å². The van der Waals surface area contributed by atoms with E-state index in [0.717, 1.165) is 51.0 Å². The highest BCUT2D eigenvalue weighted by Crippen LogP contribution is 2.27. The van der Waals surface area contributed by atoms with Crippen LogP contribution in [0.2, 0.25) is 0 Å². The predicted octanol–water partition coefficient (Wildman–Crippen LogP) is 2.86. The Morgan fingerprint density at radius 3 is 2.63 bits per heavy atom. The van der Waals surface area contributed by atoms with Crippen LogP contribution < -0.4 is 16.0 Å². The lowest BCUT2D eigenvalue weighted by Crippen LogP contribution is -2.49. The van der Waals surface area contributed by atoms with Gasteiger partial charge in [-0.3, -0.25) is 4.79 Å². The van der Waals surface area contributed by atoms with Crippen molar-refractivity contribution in [2.45, 2.75) is 32.6 Å². The van der Waals surface area contributed by atoms with Crippen molar-refractivity contribution in [1.82, 2.24) is 15.5 Å². The summed E-state index contributed by atoms with van der Waals surface area (Å²) in [6, 6.07) is 9.31. The molecule has 1 atom stereocenters. The van der Waals surface area contributed by atoms with Crippen molar-refractivity contribution in [2.75, 3.05) is 38.0 Å². The molecule has 2 aliphatic rings. The van der Waals surface area contributed by atoms with Crippen molar-refractivity contribution >= 4 is 30.0 Å². The number of halogens is 1. The number of amides is 3. The molecular weight excluding hydrogens is 364 g/mol. The van der Waals surface area contributed by atoms with E-state index in [2.05, 4.69) is 22.9 Å². The van der Waals surface area contributed by atoms with E-state index >= 15 is 0 Å². The first kappa shape index (κ1) is 21.5. The molecule has 0 aromatic heterocycles. The molecule has 1 unspecified atom stereocenters. The molecule has 0 saturated carbocycles. The highest BCUT2D eigenvalue weighted by atomic mass is 35.5. The molecule has 3 rings (SSSR count). The lowest BCUT2D eigenvalue weighted by molar-refractivity contribution is -0.126. The van der Waals surface area contributed by atoms with Gasteiger partial charge in [-0.15, -0.1) is 12.4 Å². The molecule has 2 saturated heterocycles. The van der Waals surface area contributed by atoms with Crippen LogP contribution in [-0.2, 0) is 4.79 Å². The van der Waals surface area contributed by atoms with Crippen molar-refractivity contribution in [3.8, 4) is 0 Å². The summed E-state index contributed by atoms with van der Waals surface area (Å²) >= 11 is 0. The Balaban J connectivity index is 0.00000261. The number of piperidine rings is 2. The molecule has 0 bridgehead atoms. The summed E-state index contributed by atoms with van der Waals surface area (Å²) in [6.45, 7) is 6.19. The van der Waals surface area contributed by atoms with Crippen LogP contribution in [0.5, 0.6) is 0 Å². The molecule has 0 aliphatic carbocycles. The maximum Gasteiger partial charge on any atom is 0.321 e. The van der Waals surface area contributed by atoms with Crippen molar-refractivity contribution in [2.24, 2.45) is 11.3 Å². The average molecular weight is 395 g/mol. The third-order valence-electron chi connectivity index (χ3n) is 5.60. The number of likely N-dealkylation sites (tertiary alicyclic amines) is 1. The molecular formula is C20H31ClN4O2. The smallest absolute Gasteiger partial charge is 0.321 e. The fourth-order valence-electron chi connectivity index (χ4n) is 3.75. The molecule has 2 fully saturated rings. The number of rotatable bonds is 4. The second-order valence-corrected chi connectivity index (χ2v) is 7.86. The second kappa shape index (κ2) is 9.95. The largest absolute Gasteiger partial charge is 0.355 e. The van der Waals surface area contributed by atoms with Crippen LogP contribution in [-0.4, -0.2) is 49.6 Å². The Hall–Kier alpha value is -1.79. The van der Waals surface area contributed by atoms with Gasteiger partial charge in [0.2, 0.25) is 5.91 Å². The Kier molecular flexibility index (Phi) is 7.92. The SMILES string of the molecule is CC1(CNC(=O)C2CCCN(C(=O)Nc3ccccc3)C2)CCNCC1.Cl. The summed E-state index contributed by atoms with van der Waals surface area (Å²) < 4.78 is 0. The maximum atomic E-state index is 12.6. The van der Waals surface area contributed by atoms with Crippen LogP contribution >= 0.6 is 12.4 Å². The first-order valence-corrected chi connectivity index (χ1v) is 9.65. The van der Waals surface area contributed by atoms with Gasteiger partial charge in [0.1, 0.15) is 0 Å². The van der Waals surface area contributed by atoms with Crippen LogP contribution in [0, 0.1) is 11.3 Å². The Morgan fingerprint density at radius 2 is 1.93 bits per heavy atom. The third-order valence-corrected chi connectivity index (χ3v) is 5.60. The van der Waals surface area contributed by atoms with E-state index in [1.807, 2.05) is 30.3 Å². The second-order valence-electron chi connectivity index (χ2n) is 7.86. The lowest BCUT2D eigenvalue weighted by Gasteiger charge is -2.36. The van der Waals surface area contributed by atoms with Crippen molar-refractivity contribution in [3.63, 3.8) is 0 Å². The minimum Gasteiger partial charge on any atom is -0.355 e. The van der Waals surface area contributed by atoms with Gasteiger partial charge < -0.3 is 20.9 Å². The monoisotopic (exact) mass is 394 g/mol. The van der Waals surface area contributed by atoms with Crippen LogP contribution in [0.15, 0.2) is 30.3 Å². The van der Waals surface area contributed by atoms with E-state index in [0.29, 0.717) is 13.1 Å². The number of hydrogen-bond acceptors (Lipinski definition) is 3. The van der Waals surface area contributed by atoms with Gasteiger partial charge in [-0.2, -0.15) is 0 Å². The molecule has 2 heterocycles. The first-order valence-electron chi connectivity index (χ1n) is 9.65. The Morgan fingerprint density at radius 1 is 1.22 bits per heavy atom. The summed E-state index contributed by atoms with van der Waals surface area (Å²) in [4.78, 5) is 26.8. The molecule has 0 spiro atoms. The fourth-order valence-corrected chi connectivity index (χ4v) is 3.75. The summed E-state index contributed by atoms with van der Waals surface area (Å²) in [6.07, 6.45) is 3.88. The molecule has 27 heavy (non-hydrogen) atoms. The quantitative estimate of drug-likeness (QED) is 0.735. The molecule has 0 radical (unpaired) electrons. The van der Waals surface area contributed by atoms with E-state index in [-0.39, 0.29) is 35.7 Å². The zero-order valence-corrected chi connectivity index (χ0v) is 16.8. The van der Waals surface area contributed by atoms with Gasteiger partial charge in [-0.25, -0.2) is 4.79 Å². The molecule has 2 aliphatic heterocycles. The van der Waals surface area contributed by atoms with Gasteiger partial charge in [0.25, 0.3) is 0 Å². The number of para-hydroxylation sites is 1. The van der Waals surface area contributed by atoms with Gasteiger partial charge in [0.15, 0.2) is 0 Å². The molecule has 1 aromatic rings. The van der Waals surface area contributed by atoms with Crippen LogP contribution in [0.3, 0.4) is 0 Å². The molecule has 150 valence electrons. The molecule has 1 aromatic carbocycles. The minimum atomic E-state index is -0.126. The zero-order chi connectivity index (χ0) is 18.4. The summed E-state index contributed by atoms with van der Waals surface area (Å²) in [5.74, 6) is -0.0300. The summed E-state index contributed by atoms with van der Waals surface area (Å²) in [7, 11) is 0. The first-order chi connectivity index (χ1) is 12.6. The third kappa shape index (κ3) is 6.11. The number of nitrogens with one attached hydrogen (secondary N) is 3. The van der Waals surface area contributed by atoms with Gasteiger partial charge >= 0.3 is 6.03 Å². The number of nitrogens with zero attached hydrogens (tertiary/aromatic N) is 1. The van der Waals surface area contributed by atoms with Crippen molar-refractivity contribution in [3.05, 3.63) is 30.3 Å². The minimum absolute atomic E-state index is 0. The number of carbonyl (C=O) groups excluding carboxylic acids is 2. The van der Waals surface area contributed by atoms with E-state index < -0.39 is 0 Å². The molecule has 3 N–H and O–H groups in total. The predicted molar refractivity (Wildman–Crippen MR) is 110 cm³/mol. The zero-order valence-electron chi connectivity index (χ0n) is 16.0. The highest BCUT2D eigenvalue weighted by molar-refractivity contribution is 5.90. The number of hydrogen-bond donors (Lipinski definition) is 3. The van der Waals surface area contributed by atoms with Gasteiger partial charge in [0, 0.05) is 25.3 Å². The highest BCUT2D eigenvalue weighted by Gasteiger charge is 2.31. The maximum absolute atomic E-state index is 12.6. The van der Waals surface area contributed by atoms with Gasteiger partial charge in [0.05, 0.1) is 5.92 Å². The number of anilines is 1. The number of urea groups is 1. The van der Waals surface area contributed by atoms with E-state index in [9.17, 15) is 9.59 Å². The van der Waals surface area contributed by atoms with Crippen LogP contribution in [0.1, 0.15) is 32.6 Å². The Bertz CT molecular complexity index is 620. The molecule has 3 amide bonds. The molecule has 7 heteroatoms. The van der Waals surface area contributed by atoms with Crippen LogP contribution in [0.25, 0.3) is 0 Å². The topological polar surface area (TPSA) is 73.5 Å². The number of benzene rings is 1. The van der Waals surface area contributed by atoms with Gasteiger partial charge in [-0.05, 0) is 56.3 Å². The fraction of sp³-hybridized carbons (Fsp3) is 0.600. The lowest BCUT2D eigenvalue weighted by atomic mass is 9.81. The van der Waals surface area contributed by atoms with Crippen LogP contribution in [0.4, 0.5) is 10.5 Å². The standard InChI is InChI=1S/C20H30N4O2.ClH/c1-20(9-11-21-12-10-20)15-22-18(25)16-6-5-13-24(14-16)19(26)23-17-7-3-2-4-8-17;/h2-4,7-8,16,21H,5-6,9-15H2,1H3,(H,22,25)(H,23,26);1H. The Labute approximate surface area is 167 Å². The summed E-state index contributed by atoms with van der Waals surface area (Å²) in [5.41, 5.74) is 0.961. The molecule has 6 nitrogen and oxygen atoms in total. The van der Waals surface area contributed by atoms with Crippen molar-refractivity contribution < 1.29 is 9.59 Å². The van der Waals surface area contributed by atoms with E-state index in [1.54, 1.807) is 4.90 Å². The van der Waals surface area contributed by atoms with E-state index in [1.165, 1.54) is 0 Å². The summed E-state index contributed by atoms with van der Waals surface area (Å²) in [5, 5.41) is 9.42.